The lowest BCUT2D eigenvalue weighted by molar-refractivity contribution is 0.569. The molecular weight excluding hydrogens is 1320 g/mol. The molecule has 0 spiro atoms. The van der Waals surface area contributed by atoms with Crippen LogP contribution in [0.25, 0.3) is 111 Å². The van der Waals surface area contributed by atoms with Crippen molar-refractivity contribution >= 4 is 101 Å². The van der Waals surface area contributed by atoms with E-state index in [4.69, 9.17) is 4.98 Å². The number of fused-ring (bicyclic) bond motifs is 10. The van der Waals surface area contributed by atoms with E-state index in [-0.39, 0.29) is 33.8 Å². The zero-order valence-corrected chi connectivity index (χ0v) is 65.6. The topological polar surface area (TPSA) is 29.2 Å². The number of anilines is 6. The molecule has 109 heavy (non-hydrogen) atoms. The highest BCUT2D eigenvalue weighted by Crippen LogP contribution is 2.55. The molecule has 0 unspecified atom stereocenters. The van der Waals surface area contributed by atoms with Crippen molar-refractivity contribution in [2.24, 2.45) is 0 Å². The van der Waals surface area contributed by atoms with Crippen LogP contribution < -0.4 is 26.2 Å². The molecule has 16 aromatic rings. The summed E-state index contributed by atoms with van der Waals surface area (Å²) in [5.74, 6) is 0. The standard InChI is InChI=1S/C103H94BN5/c1-99(2,3)71-43-51-87-81(58-71)82-59-72(100(4,5)6)44-52-88(82)106(87)75-47-49-85-91(62-75)108(97-77(65-30-20-16-21-31-65)38-28-39-78(97)66-32-22-17-23-33-66)93-56-70(69-42-55-95(105-64-69)103(13,14)15)57-94-96(93)104(85)86-50-48-76(107-89-53-45-73(101(7,8)9)60-83(89)84-61-74(102(10,11)12)46-54-90(84)107)63-92(86)109(94)98-79(67-34-24-18-25-35-67)40-29-41-80(98)68-36-26-19-27-37-68/h16-64H,1-15H3. The second kappa shape index (κ2) is 25.5. The SMILES string of the molecule is CC(C)(C)c1ccc2c(c1)c1cc(C(C)(C)C)ccc1n2-c1ccc2c(c1)N(c1c(-c3ccccc3)cccc1-c1ccccc1)c1cc(-c3ccc(C(C)(C)C)nc3)cc3c1B2c1ccc(-n2c4ccc(C(C)(C)C)cc4c4cc(C(C)(C)C)ccc42)cc1N3c1c(-c2ccccc2)cccc1-c1ccccc1. The summed E-state index contributed by atoms with van der Waals surface area (Å²) in [7, 11) is 0. The lowest BCUT2D eigenvalue weighted by Gasteiger charge is -2.46. The molecule has 0 fully saturated rings. The van der Waals surface area contributed by atoms with Crippen molar-refractivity contribution in [1.82, 2.24) is 14.1 Å². The van der Waals surface area contributed by atoms with Crippen LogP contribution in [0.3, 0.4) is 0 Å². The van der Waals surface area contributed by atoms with Crippen molar-refractivity contribution < 1.29 is 0 Å². The van der Waals surface area contributed by atoms with Gasteiger partial charge in [0.2, 0.25) is 0 Å². The Morgan fingerprint density at radius 2 is 0.578 bits per heavy atom. The van der Waals surface area contributed by atoms with Crippen LogP contribution in [0, 0.1) is 0 Å². The summed E-state index contributed by atoms with van der Waals surface area (Å²) in [4.78, 5) is 10.8. The predicted octanol–water partition coefficient (Wildman–Crippen LogP) is 26.2. The van der Waals surface area contributed by atoms with E-state index in [1.54, 1.807) is 0 Å². The van der Waals surface area contributed by atoms with Crippen molar-refractivity contribution in [2.45, 2.75) is 131 Å². The van der Waals surface area contributed by atoms with Gasteiger partial charge in [0.25, 0.3) is 6.71 Å². The summed E-state index contributed by atoms with van der Waals surface area (Å²) in [5.41, 5.74) is 34.1. The fraction of sp³-hybridized carbons (Fsp3) is 0.194. The fourth-order valence-corrected chi connectivity index (χ4v) is 17.3. The third kappa shape index (κ3) is 11.7. The summed E-state index contributed by atoms with van der Waals surface area (Å²) in [6, 6.07) is 112. The molecule has 534 valence electrons. The van der Waals surface area contributed by atoms with E-state index in [0.29, 0.717) is 0 Å². The first-order chi connectivity index (χ1) is 52.2. The summed E-state index contributed by atoms with van der Waals surface area (Å²) in [6.45, 7) is 34.5. The maximum atomic E-state index is 5.39. The Balaban J connectivity index is 1.02. The molecule has 0 N–H and O–H groups in total. The number of hydrogen-bond acceptors (Lipinski definition) is 3. The maximum absolute atomic E-state index is 5.39. The molecule has 13 aromatic carbocycles. The van der Waals surface area contributed by atoms with Crippen LogP contribution in [0.5, 0.6) is 0 Å². The Bertz CT molecular complexity index is 5670. The molecule has 3 aromatic heterocycles. The zero-order chi connectivity index (χ0) is 75.4. The van der Waals surface area contributed by atoms with E-state index in [9.17, 15) is 0 Å². The fourth-order valence-electron chi connectivity index (χ4n) is 17.3. The Hall–Kier alpha value is -11.7. The smallest absolute Gasteiger partial charge is 0.252 e. The normalized spacial score (nSPS) is 13.2. The lowest BCUT2D eigenvalue weighted by Crippen LogP contribution is -2.61. The van der Waals surface area contributed by atoms with E-state index in [1.165, 1.54) is 82.3 Å². The molecular formula is C103H94BN5. The van der Waals surface area contributed by atoms with Crippen LogP contribution in [-0.4, -0.2) is 20.8 Å². The maximum Gasteiger partial charge on any atom is 0.252 e. The summed E-state index contributed by atoms with van der Waals surface area (Å²) in [6.07, 6.45) is 2.13. The molecule has 2 aliphatic rings. The average molecular weight is 1410 g/mol. The summed E-state index contributed by atoms with van der Waals surface area (Å²) >= 11 is 0. The van der Waals surface area contributed by atoms with Crippen LogP contribution in [0.15, 0.2) is 297 Å². The molecule has 6 heteroatoms. The highest BCUT2D eigenvalue weighted by Gasteiger charge is 2.46. The van der Waals surface area contributed by atoms with Gasteiger partial charge < -0.3 is 18.9 Å². The van der Waals surface area contributed by atoms with Crippen molar-refractivity contribution in [2.75, 3.05) is 9.80 Å². The van der Waals surface area contributed by atoms with Gasteiger partial charge in [-0.25, -0.2) is 0 Å². The monoisotopic (exact) mass is 1410 g/mol. The molecule has 18 rings (SSSR count). The van der Waals surface area contributed by atoms with Crippen molar-refractivity contribution in [3.63, 3.8) is 0 Å². The Morgan fingerprint density at radius 1 is 0.257 bits per heavy atom. The number of nitrogens with zero attached hydrogens (tertiary/aromatic N) is 5. The van der Waals surface area contributed by atoms with Gasteiger partial charge in [0, 0.05) is 101 Å². The largest absolute Gasteiger partial charge is 0.310 e. The summed E-state index contributed by atoms with van der Waals surface area (Å²) < 4.78 is 5.11. The number of para-hydroxylation sites is 2. The van der Waals surface area contributed by atoms with Crippen molar-refractivity contribution in [1.29, 1.82) is 0 Å². The highest BCUT2D eigenvalue weighted by molar-refractivity contribution is 7.00. The number of pyridine rings is 1. The predicted molar refractivity (Wildman–Crippen MR) is 468 cm³/mol. The van der Waals surface area contributed by atoms with E-state index in [1.807, 2.05) is 0 Å². The first-order valence-electron chi connectivity index (χ1n) is 38.9. The first-order valence-corrected chi connectivity index (χ1v) is 38.9. The number of benzene rings is 13. The molecule has 0 amide bonds. The van der Waals surface area contributed by atoms with E-state index >= 15 is 0 Å². The molecule has 0 bridgehead atoms. The molecule has 2 aliphatic heterocycles. The molecule has 0 radical (unpaired) electrons. The molecule has 0 atom stereocenters. The zero-order valence-electron chi connectivity index (χ0n) is 65.6. The quantitative estimate of drug-likeness (QED) is 0.135. The third-order valence-electron chi connectivity index (χ3n) is 23.3. The molecule has 0 saturated heterocycles. The summed E-state index contributed by atoms with van der Waals surface area (Å²) in [5, 5.41) is 5.02. The lowest BCUT2D eigenvalue weighted by atomic mass is 9.33. The number of aromatic nitrogens is 3. The van der Waals surface area contributed by atoms with Gasteiger partial charge in [-0.1, -0.05) is 304 Å². The minimum absolute atomic E-state index is 0.0654. The molecule has 5 heterocycles. The average Bonchev–Trinajstić information content (AvgIpc) is 1.04. The molecule has 0 aliphatic carbocycles. The molecule has 0 saturated carbocycles. The Kier molecular flexibility index (Phi) is 16.1. The number of rotatable bonds is 9. The van der Waals surface area contributed by atoms with E-state index in [2.05, 4.69) is 420 Å². The third-order valence-corrected chi connectivity index (χ3v) is 23.3. The molecule has 5 nitrogen and oxygen atoms in total. The van der Waals surface area contributed by atoms with Gasteiger partial charge in [-0.3, -0.25) is 4.98 Å². The van der Waals surface area contributed by atoms with Gasteiger partial charge in [-0.2, -0.15) is 0 Å². The van der Waals surface area contributed by atoms with Crippen LogP contribution in [0.2, 0.25) is 0 Å². The van der Waals surface area contributed by atoms with Gasteiger partial charge in [-0.05, 0) is 179 Å². The highest BCUT2D eigenvalue weighted by atomic mass is 15.2. The Labute approximate surface area is 643 Å². The second-order valence-electron chi connectivity index (χ2n) is 35.7. The minimum Gasteiger partial charge on any atom is -0.310 e. The van der Waals surface area contributed by atoms with Crippen LogP contribution >= 0.6 is 0 Å². The van der Waals surface area contributed by atoms with Gasteiger partial charge in [0.05, 0.1) is 33.4 Å². The van der Waals surface area contributed by atoms with Gasteiger partial charge in [0.15, 0.2) is 0 Å². The second-order valence-corrected chi connectivity index (χ2v) is 35.7. The number of hydrogen-bond donors (Lipinski definition) is 0. The van der Waals surface area contributed by atoms with Gasteiger partial charge in [0.1, 0.15) is 0 Å². The van der Waals surface area contributed by atoms with E-state index in [0.717, 1.165) is 107 Å². The van der Waals surface area contributed by atoms with Gasteiger partial charge >= 0.3 is 0 Å². The minimum atomic E-state index is -0.280. The first kappa shape index (κ1) is 69.0. The Morgan fingerprint density at radius 3 is 0.862 bits per heavy atom. The van der Waals surface area contributed by atoms with Crippen LogP contribution in [-0.2, 0) is 27.1 Å². The van der Waals surface area contributed by atoms with Crippen molar-refractivity contribution in [3.05, 3.63) is 325 Å². The van der Waals surface area contributed by atoms with Crippen LogP contribution in [0.1, 0.15) is 132 Å². The van der Waals surface area contributed by atoms with E-state index < -0.39 is 0 Å². The van der Waals surface area contributed by atoms with Crippen LogP contribution in [0.4, 0.5) is 34.1 Å². The van der Waals surface area contributed by atoms with Gasteiger partial charge in [-0.15, -0.1) is 0 Å². The van der Waals surface area contributed by atoms with Crippen molar-refractivity contribution in [3.8, 4) is 67.0 Å².